The number of amides is 5. The molecule has 5 rings (SSSR count). The molecule has 2 saturated heterocycles. The number of nitrogens with zero attached hydrogens (tertiary/aromatic N) is 3. The molecule has 7 atom stereocenters. The Morgan fingerprint density at radius 1 is 0.906 bits per heavy atom. The number of ether oxygens (including phenoxy) is 1. The van der Waals surface area contributed by atoms with Crippen molar-refractivity contribution in [1.29, 1.82) is 0 Å². The minimum absolute atomic E-state index is 0.0936. The van der Waals surface area contributed by atoms with Gasteiger partial charge in [0.25, 0.3) is 11.8 Å². The lowest BCUT2D eigenvalue weighted by molar-refractivity contribution is -0.147. The highest BCUT2D eigenvalue weighted by atomic mass is 16.5. The first-order chi connectivity index (χ1) is 25.4. The van der Waals surface area contributed by atoms with Gasteiger partial charge in [-0.3, -0.25) is 33.8 Å². The lowest BCUT2D eigenvalue weighted by Gasteiger charge is -2.40. The first-order valence-corrected chi connectivity index (χ1v) is 19.8. The zero-order valence-corrected chi connectivity index (χ0v) is 31.9. The first kappa shape index (κ1) is 40.2. The van der Waals surface area contributed by atoms with E-state index < -0.39 is 59.0 Å². The Bertz CT molecular complexity index is 1460. The van der Waals surface area contributed by atoms with E-state index in [9.17, 15) is 28.8 Å². The minimum Gasteiger partial charge on any atom is -0.376 e. The van der Waals surface area contributed by atoms with Gasteiger partial charge in [0.15, 0.2) is 0 Å². The van der Waals surface area contributed by atoms with Crippen LogP contribution in [0.1, 0.15) is 128 Å². The standard InChI is InChI=1S/C39H59N7O7/c1-5-12-27(32(47)37(51)42-22-26-16-11-20-53-26)43-35(49)30-21-25-15-9-10-17-29(25)46(30)38(52)33(39(2,3)4)45-36(50)31(24-13-7-6-8-14-24)44-34(48)28-23-40-18-19-41-28/h18-19,23-27,29-31,33H,5-17,20-22H2,1-4H3,(H,42,51)(H,43,49)(H,44,48)(H,45,50)/t25-,26+,27-,29-,30-,31?,33+/m0/s1. The number of hydrogen-bond acceptors (Lipinski definition) is 9. The second-order valence-electron chi connectivity index (χ2n) is 16.4. The summed E-state index contributed by atoms with van der Waals surface area (Å²) >= 11 is 0. The van der Waals surface area contributed by atoms with Crippen LogP contribution in [0.4, 0.5) is 0 Å². The number of Topliss-reactive ketones (excluding diaryl/α,β-unsaturated/α-hetero) is 1. The van der Waals surface area contributed by atoms with Crippen LogP contribution >= 0.6 is 0 Å². The Balaban J connectivity index is 1.35. The fraction of sp³-hybridized carbons (Fsp3) is 0.744. The highest BCUT2D eigenvalue weighted by Gasteiger charge is 2.51. The zero-order chi connectivity index (χ0) is 38.1. The third kappa shape index (κ3) is 10.2. The van der Waals surface area contributed by atoms with Gasteiger partial charge in [-0.2, -0.15) is 0 Å². The minimum atomic E-state index is -1.04. The molecule has 4 aliphatic rings. The van der Waals surface area contributed by atoms with Gasteiger partial charge in [-0.25, -0.2) is 4.98 Å². The molecule has 1 aromatic rings. The van der Waals surface area contributed by atoms with Crippen LogP contribution in [0.5, 0.6) is 0 Å². The van der Waals surface area contributed by atoms with Gasteiger partial charge in [-0.15, -0.1) is 0 Å². The molecule has 2 aliphatic carbocycles. The molecule has 292 valence electrons. The molecular weight excluding hydrogens is 678 g/mol. The van der Waals surface area contributed by atoms with E-state index in [0.717, 1.165) is 70.6 Å². The van der Waals surface area contributed by atoms with E-state index in [4.69, 9.17) is 4.74 Å². The topological polar surface area (TPSA) is 189 Å². The van der Waals surface area contributed by atoms with Crippen molar-refractivity contribution in [3.8, 4) is 0 Å². The molecule has 1 aromatic heterocycles. The van der Waals surface area contributed by atoms with Crippen molar-refractivity contribution < 1.29 is 33.5 Å². The van der Waals surface area contributed by atoms with Gasteiger partial charge in [0.05, 0.1) is 18.3 Å². The van der Waals surface area contributed by atoms with Crippen LogP contribution in [0.25, 0.3) is 0 Å². The van der Waals surface area contributed by atoms with Crippen molar-refractivity contribution >= 4 is 35.3 Å². The smallest absolute Gasteiger partial charge is 0.289 e. The SMILES string of the molecule is CCC[C@H](NC(=O)[C@@H]1C[C@@H]2CCCC[C@@H]2N1C(=O)[C@@H](NC(=O)C(NC(=O)c1cnccn1)C1CCCCC1)C(C)(C)C)C(=O)C(=O)NC[C@H]1CCCO1. The van der Waals surface area contributed by atoms with E-state index in [0.29, 0.717) is 19.4 Å². The Hall–Kier alpha value is -3.94. The Kier molecular flexibility index (Phi) is 14.0. The molecule has 0 aromatic carbocycles. The van der Waals surface area contributed by atoms with Crippen LogP contribution in [0, 0.1) is 17.3 Å². The molecule has 4 N–H and O–H groups in total. The third-order valence-electron chi connectivity index (χ3n) is 11.5. The predicted octanol–water partition coefficient (Wildman–Crippen LogP) is 3.00. The van der Waals surface area contributed by atoms with E-state index in [2.05, 4.69) is 31.2 Å². The molecule has 1 unspecified atom stereocenters. The summed E-state index contributed by atoms with van der Waals surface area (Å²) in [6, 6.07) is -4.01. The first-order valence-electron chi connectivity index (χ1n) is 19.8. The summed E-state index contributed by atoms with van der Waals surface area (Å²) in [5, 5.41) is 11.5. The number of ketones is 1. The summed E-state index contributed by atoms with van der Waals surface area (Å²) in [7, 11) is 0. The molecule has 4 fully saturated rings. The number of likely N-dealkylation sites (tertiary alicyclic amines) is 1. The largest absolute Gasteiger partial charge is 0.376 e. The average molecular weight is 738 g/mol. The average Bonchev–Trinajstić information content (AvgIpc) is 3.83. The van der Waals surface area contributed by atoms with Crippen LogP contribution in [0.15, 0.2) is 18.6 Å². The van der Waals surface area contributed by atoms with E-state index in [1.807, 2.05) is 27.7 Å². The van der Waals surface area contributed by atoms with Crippen LogP contribution in [-0.4, -0.2) is 99.7 Å². The molecule has 0 bridgehead atoms. The molecule has 14 heteroatoms. The number of nitrogens with one attached hydrogen (secondary N) is 4. The maximum atomic E-state index is 14.9. The van der Waals surface area contributed by atoms with Gasteiger partial charge in [0, 0.05) is 31.6 Å². The summed E-state index contributed by atoms with van der Waals surface area (Å²) in [5.74, 6) is -3.31. The second-order valence-corrected chi connectivity index (χ2v) is 16.4. The van der Waals surface area contributed by atoms with Crippen molar-refractivity contribution in [3.05, 3.63) is 24.3 Å². The third-order valence-corrected chi connectivity index (χ3v) is 11.5. The van der Waals surface area contributed by atoms with Crippen molar-refractivity contribution in [1.82, 2.24) is 36.1 Å². The molecular formula is C39H59N7O7. The van der Waals surface area contributed by atoms with Gasteiger partial charge in [0.1, 0.15) is 23.8 Å². The molecule has 14 nitrogen and oxygen atoms in total. The highest BCUT2D eigenvalue weighted by Crippen LogP contribution is 2.41. The summed E-state index contributed by atoms with van der Waals surface area (Å²) in [6.07, 6.45) is 15.0. The number of fused-ring (bicyclic) bond motifs is 1. The summed E-state index contributed by atoms with van der Waals surface area (Å²) < 4.78 is 5.57. The molecule has 2 aliphatic heterocycles. The van der Waals surface area contributed by atoms with Gasteiger partial charge in [-0.05, 0) is 68.6 Å². The number of carbonyl (C=O) groups excluding carboxylic acids is 6. The van der Waals surface area contributed by atoms with Crippen molar-refractivity contribution in [2.24, 2.45) is 17.3 Å². The molecule has 5 amide bonds. The van der Waals surface area contributed by atoms with E-state index in [1.165, 1.54) is 18.6 Å². The second kappa shape index (κ2) is 18.4. The van der Waals surface area contributed by atoms with Crippen molar-refractivity contribution in [3.63, 3.8) is 0 Å². The van der Waals surface area contributed by atoms with Crippen molar-refractivity contribution in [2.45, 2.75) is 154 Å². The van der Waals surface area contributed by atoms with Gasteiger partial charge < -0.3 is 30.9 Å². The maximum absolute atomic E-state index is 14.9. The Morgan fingerprint density at radius 2 is 1.64 bits per heavy atom. The molecule has 53 heavy (non-hydrogen) atoms. The highest BCUT2D eigenvalue weighted by molar-refractivity contribution is 6.38. The van der Waals surface area contributed by atoms with Gasteiger partial charge >= 0.3 is 0 Å². The molecule has 0 spiro atoms. The number of aromatic nitrogens is 2. The molecule has 0 radical (unpaired) electrons. The van der Waals surface area contributed by atoms with E-state index >= 15 is 0 Å². The van der Waals surface area contributed by atoms with E-state index in [1.54, 1.807) is 4.90 Å². The van der Waals surface area contributed by atoms with Gasteiger partial charge in [0.2, 0.25) is 23.5 Å². The van der Waals surface area contributed by atoms with Crippen LogP contribution in [0.3, 0.4) is 0 Å². The Morgan fingerprint density at radius 3 is 2.30 bits per heavy atom. The van der Waals surface area contributed by atoms with Crippen LogP contribution < -0.4 is 21.3 Å². The summed E-state index contributed by atoms with van der Waals surface area (Å²) in [6.45, 7) is 8.36. The maximum Gasteiger partial charge on any atom is 0.289 e. The molecule has 3 heterocycles. The lowest BCUT2D eigenvalue weighted by atomic mass is 9.81. The van der Waals surface area contributed by atoms with E-state index in [-0.39, 0.29) is 48.5 Å². The zero-order valence-electron chi connectivity index (χ0n) is 31.9. The number of rotatable bonds is 14. The normalized spacial score (nSPS) is 25.0. The summed E-state index contributed by atoms with van der Waals surface area (Å²) in [5.41, 5.74) is -0.659. The van der Waals surface area contributed by atoms with Gasteiger partial charge in [-0.1, -0.05) is 66.2 Å². The summed E-state index contributed by atoms with van der Waals surface area (Å²) in [4.78, 5) is 92.6. The van der Waals surface area contributed by atoms with Crippen molar-refractivity contribution in [2.75, 3.05) is 13.2 Å². The lowest BCUT2D eigenvalue weighted by Crippen LogP contribution is -2.63. The molecule has 2 saturated carbocycles. The van der Waals surface area contributed by atoms with Crippen LogP contribution in [-0.2, 0) is 28.7 Å². The predicted molar refractivity (Wildman–Crippen MR) is 196 cm³/mol. The number of carbonyl (C=O) groups is 6. The monoisotopic (exact) mass is 737 g/mol. The Labute approximate surface area is 313 Å². The fourth-order valence-electron chi connectivity index (χ4n) is 8.62. The quantitative estimate of drug-likeness (QED) is 0.208. The number of hydrogen-bond donors (Lipinski definition) is 4. The fourth-order valence-corrected chi connectivity index (χ4v) is 8.62. The van der Waals surface area contributed by atoms with Crippen LogP contribution in [0.2, 0.25) is 0 Å².